The Kier molecular flexibility index (Phi) is 4.94. The normalized spacial score (nSPS) is 35.0. The van der Waals surface area contributed by atoms with E-state index in [1.165, 1.54) is 70.0 Å². The van der Waals surface area contributed by atoms with Gasteiger partial charge in [0, 0.05) is 11.3 Å². The summed E-state index contributed by atoms with van der Waals surface area (Å²) >= 11 is 2.19. The van der Waals surface area contributed by atoms with Gasteiger partial charge in [0.1, 0.15) is 5.54 Å². The van der Waals surface area contributed by atoms with Crippen molar-refractivity contribution in [1.82, 2.24) is 5.32 Å². The first-order chi connectivity index (χ1) is 9.82. The lowest BCUT2D eigenvalue weighted by Crippen LogP contribution is -2.48. The molecular formula is C17H28N2S. The molecule has 0 spiro atoms. The standard InChI is InChI=1S/C17H28N2S/c18-13-17(19-15-8-9-15)11-4-5-14(17)10-12-20-16-6-2-1-3-7-16/h14-16,19H,1-12H2. The number of nitriles is 1. The van der Waals surface area contributed by atoms with Gasteiger partial charge in [-0.2, -0.15) is 17.0 Å². The van der Waals surface area contributed by atoms with Gasteiger partial charge in [-0.05, 0) is 56.6 Å². The van der Waals surface area contributed by atoms with Gasteiger partial charge < -0.3 is 0 Å². The Labute approximate surface area is 128 Å². The van der Waals surface area contributed by atoms with Gasteiger partial charge in [0.05, 0.1) is 6.07 Å². The third kappa shape index (κ3) is 3.52. The highest BCUT2D eigenvalue weighted by Crippen LogP contribution is 2.41. The Morgan fingerprint density at radius 2 is 1.85 bits per heavy atom. The SMILES string of the molecule is N#CC1(NC2CC2)CCCC1CCSC1CCCCC1. The molecule has 0 aromatic heterocycles. The molecule has 0 aromatic rings. The van der Waals surface area contributed by atoms with Crippen LogP contribution >= 0.6 is 11.8 Å². The summed E-state index contributed by atoms with van der Waals surface area (Å²) in [4.78, 5) is 0. The minimum Gasteiger partial charge on any atom is -0.296 e. The maximum absolute atomic E-state index is 9.69. The molecule has 3 fully saturated rings. The molecule has 2 atom stereocenters. The van der Waals surface area contributed by atoms with E-state index in [1.54, 1.807) is 0 Å². The van der Waals surface area contributed by atoms with E-state index in [-0.39, 0.29) is 5.54 Å². The predicted octanol–water partition coefficient (Wildman–Crippen LogP) is 4.26. The van der Waals surface area contributed by atoms with Crippen molar-refractivity contribution in [1.29, 1.82) is 5.26 Å². The van der Waals surface area contributed by atoms with Gasteiger partial charge in [0.15, 0.2) is 0 Å². The lowest BCUT2D eigenvalue weighted by Gasteiger charge is -2.30. The Balaban J connectivity index is 1.46. The van der Waals surface area contributed by atoms with Crippen LogP contribution in [0, 0.1) is 17.2 Å². The number of hydrogen-bond donors (Lipinski definition) is 1. The molecule has 3 aliphatic carbocycles. The highest BCUT2D eigenvalue weighted by molar-refractivity contribution is 7.99. The number of hydrogen-bond acceptors (Lipinski definition) is 3. The summed E-state index contributed by atoms with van der Waals surface area (Å²) in [5, 5.41) is 14.3. The minimum absolute atomic E-state index is 0.172. The van der Waals surface area contributed by atoms with E-state index in [1.807, 2.05) is 0 Å². The maximum Gasteiger partial charge on any atom is 0.109 e. The van der Waals surface area contributed by atoms with Crippen molar-refractivity contribution in [3.63, 3.8) is 0 Å². The summed E-state index contributed by atoms with van der Waals surface area (Å²) in [6, 6.07) is 3.32. The van der Waals surface area contributed by atoms with Crippen molar-refractivity contribution < 1.29 is 0 Å². The number of nitrogens with one attached hydrogen (secondary N) is 1. The van der Waals surface area contributed by atoms with E-state index in [4.69, 9.17) is 0 Å². The smallest absolute Gasteiger partial charge is 0.109 e. The lowest BCUT2D eigenvalue weighted by atomic mass is 9.86. The van der Waals surface area contributed by atoms with Crippen molar-refractivity contribution in [2.75, 3.05) is 5.75 Å². The van der Waals surface area contributed by atoms with Crippen LogP contribution in [0.3, 0.4) is 0 Å². The summed E-state index contributed by atoms with van der Waals surface area (Å²) in [6.07, 6.45) is 14.6. The summed E-state index contributed by atoms with van der Waals surface area (Å²) in [6.45, 7) is 0. The second-order valence-corrected chi connectivity index (χ2v) is 8.42. The van der Waals surface area contributed by atoms with E-state index in [0.717, 1.165) is 11.7 Å². The Morgan fingerprint density at radius 3 is 2.55 bits per heavy atom. The van der Waals surface area contributed by atoms with E-state index in [0.29, 0.717) is 12.0 Å². The Morgan fingerprint density at radius 1 is 1.05 bits per heavy atom. The molecule has 20 heavy (non-hydrogen) atoms. The predicted molar refractivity (Wildman–Crippen MR) is 85.8 cm³/mol. The topological polar surface area (TPSA) is 35.8 Å². The van der Waals surface area contributed by atoms with E-state index >= 15 is 0 Å². The maximum atomic E-state index is 9.69. The lowest BCUT2D eigenvalue weighted by molar-refractivity contribution is 0.308. The highest BCUT2D eigenvalue weighted by atomic mass is 32.2. The Bertz CT molecular complexity index is 354. The van der Waals surface area contributed by atoms with Crippen molar-refractivity contribution in [2.45, 2.75) is 87.5 Å². The van der Waals surface area contributed by atoms with Crippen LogP contribution in [-0.4, -0.2) is 22.6 Å². The van der Waals surface area contributed by atoms with Crippen molar-refractivity contribution >= 4 is 11.8 Å². The van der Waals surface area contributed by atoms with Gasteiger partial charge in [-0.15, -0.1) is 0 Å². The van der Waals surface area contributed by atoms with Crippen LogP contribution in [-0.2, 0) is 0 Å². The fourth-order valence-corrected chi connectivity index (χ4v) is 5.46. The molecule has 0 heterocycles. The summed E-state index contributed by atoms with van der Waals surface area (Å²) in [5.74, 6) is 1.87. The molecule has 0 radical (unpaired) electrons. The third-order valence-corrected chi connectivity index (χ3v) is 6.85. The van der Waals surface area contributed by atoms with E-state index in [9.17, 15) is 5.26 Å². The molecule has 3 rings (SSSR count). The van der Waals surface area contributed by atoms with Gasteiger partial charge in [0.25, 0.3) is 0 Å². The number of thioether (sulfide) groups is 1. The van der Waals surface area contributed by atoms with Gasteiger partial charge >= 0.3 is 0 Å². The zero-order valence-electron chi connectivity index (χ0n) is 12.6. The van der Waals surface area contributed by atoms with Crippen LogP contribution in [0.15, 0.2) is 0 Å². The second kappa shape index (κ2) is 6.71. The molecule has 0 amide bonds. The average Bonchev–Trinajstić information content (AvgIpc) is 3.21. The largest absolute Gasteiger partial charge is 0.296 e. The molecule has 0 bridgehead atoms. The van der Waals surface area contributed by atoms with Gasteiger partial charge in [-0.3, -0.25) is 5.32 Å². The molecule has 2 unspecified atom stereocenters. The molecule has 112 valence electrons. The zero-order chi connectivity index (χ0) is 13.8. The summed E-state index contributed by atoms with van der Waals surface area (Å²) in [7, 11) is 0. The molecule has 3 aliphatic rings. The first-order valence-electron chi connectivity index (χ1n) is 8.63. The van der Waals surface area contributed by atoms with Gasteiger partial charge in [-0.25, -0.2) is 0 Å². The van der Waals surface area contributed by atoms with Crippen LogP contribution in [0.2, 0.25) is 0 Å². The molecule has 2 nitrogen and oxygen atoms in total. The van der Waals surface area contributed by atoms with Crippen LogP contribution in [0.1, 0.15) is 70.6 Å². The van der Waals surface area contributed by atoms with Crippen LogP contribution in [0.5, 0.6) is 0 Å². The Hall–Kier alpha value is -0.200. The third-order valence-electron chi connectivity index (χ3n) is 5.43. The van der Waals surface area contributed by atoms with Crippen LogP contribution in [0.4, 0.5) is 0 Å². The fourth-order valence-electron chi connectivity index (χ4n) is 4.04. The van der Waals surface area contributed by atoms with E-state index in [2.05, 4.69) is 23.1 Å². The summed E-state index contributed by atoms with van der Waals surface area (Å²) < 4.78 is 0. The molecule has 3 saturated carbocycles. The number of nitrogens with zero attached hydrogens (tertiary/aromatic N) is 1. The van der Waals surface area contributed by atoms with Crippen molar-refractivity contribution in [3.05, 3.63) is 0 Å². The molecule has 3 heteroatoms. The average molecular weight is 292 g/mol. The van der Waals surface area contributed by atoms with Crippen molar-refractivity contribution in [3.8, 4) is 6.07 Å². The molecule has 0 aromatic carbocycles. The quantitative estimate of drug-likeness (QED) is 0.794. The number of rotatable bonds is 6. The molecule has 0 saturated heterocycles. The first-order valence-corrected chi connectivity index (χ1v) is 9.68. The monoisotopic (exact) mass is 292 g/mol. The molecule has 1 N–H and O–H groups in total. The molecular weight excluding hydrogens is 264 g/mol. The van der Waals surface area contributed by atoms with E-state index < -0.39 is 0 Å². The van der Waals surface area contributed by atoms with Crippen molar-refractivity contribution in [2.24, 2.45) is 5.92 Å². The molecule has 0 aliphatic heterocycles. The zero-order valence-corrected chi connectivity index (χ0v) is 13.4. The van der Waals surface area contributed by atoms with Crippen LogP contribution < -0.4 is 5.32 Å². The fraction of sp³-hybridized carbons (Fsp3) is 0.941. The summed E-state index contributed by atoms with van der Waals surface area (Å²) in [5.41, 5.74) is -0.172. The van der Waals surface area contributed by atoms with Crippen LogP contribution in [0.25, 0.3) is 0 Å². The first kappa shape index (κ1) is 14.7. The highest BCUT2D eigenvalue weighted by Gasteiger charge is 2.45. The van der Waals surface area contributed by atoms with Gasteiger partial charge in [-0.1, -0.05) is 25.7 Å². The second-order valence-electron chi connectivity index (χ2n) is 7.01. The van der Waals surface area contributed by atoms with Gasteiger partial charge in [0.2, 0.25) is 0 Å². The minimum atomic E-state index is -0.172.